The summed E-state index contributed by atoms with van der Waals surface area (Å²) < 4.78 is 2.17. The molecule has 0 aliphatic heterocycles. The van der Waals surface area contributed by atoms with Gasteiger partial charge in [0, 0.05) is 24.1 Å². The van der Waals surface area contributed by atoms with Crippen LogP contribution in [0, 0.1) is 6.92 Å². The highest BCUT2D eigenvalue weighted by atomic mass is 32.2. The molecule has 0 aliphatic carbocycles. The Bertz CT molecular complexity index is 916. The minimum Gasteiger partial charge on any atom is -0.334 e. The lowest BCUT2D eigenvalue weighted by Crippen LogP contribution is -2.28. The van der Waals surface area contributed by atoms with Gasteiger partial charge in [0.15, 0.2) is 0 Å². The lowest BCUT2D eigenvalue weighted by Gasteiger charge is -2.19. The zero-order valence-electron chi connectivity index (χ0n) is 15.1. The molecule has 0 radical (unpaired) electrons. The molecule has 0 atom stereocenters. The maximum Gasteiger partial charge on any atom is 0.254 e. The van der Waals surface area contributed by atoms with Crippen LogP contribution >= 0.6 is 11.8 Å². The normalized spacial score (nSPS) is 11.0. The van der Waals surface area contributed by atoms with E-state index in [0.29, 0.717) is 6.54 Å². The predicted molar refractivity (Wildman–Crippen MR) is 104 cm³/mol. The molecule has 1 heterocycles. The first-order valence-corrected chi connectivity index (χ1v) is 9.61. The summed E-state index contributed by atoms with van der Waals surface area (Å²) in [5.74, 6) is 0.946. The van der Waals surface area contributed by atoms with Gasteiger partial charge >= 0.3 is 0 Å². The second-order valence-electron chi connectivity index (χ2n) is 6.10. The number of thioether (sulfide) groups is 1. The number of rotatable bonds is 5. The molecule has 0 bridgehead atoms. The molecule has 1 amide bonds. The van der Waals surface area contributed by atoms with Crippen LogP contribution in [0.1, 0.15) is 28.7 Å². The monoisotopic (exact) mass is 353 g/mol. The fourth-order valence-electron chi connectivity index (χ4n) is 3.05. The van der Waals surface area contributed by atoms with Crippen LogP contribution in [0.5, 0.6) is 0 Å². The molecule has 2 aromatic carbocycles. The maximum absolute atomic E-state index is 12.9. The van der Waals surface area contributed by atoms with Crippen molar-refractivity contribution in [1.29, 1.82) is 0 Å². The molecule has 3 rings (SSSR count). The number of aromatic nitrogens is 2. The second kappa shape index (κ2) is 7.31. The Hall–Kier alpha value is -2.27. The minimum atomic E-state index is 0.0307. The maximum atomic E-state index is 12.9. The molecule has 3 aromatic rings. The van der Waals surface area contributed by atoms with Gasteiger partial charge in [-0.05, 0) is 49.9 Å². The Kier molecular flexibility index (Phi) is 5.13. The topological polar surface area (TPSA) is 38.1 Å². The third kappa shape index (κ3) is 3.42. The van der Waals surface area contributed by atoms with Crippen LogP contribution in [0.25, 0.3) is 11.0 Å². The molecule has 0 saturated carbocycles. The highest BCUT2D eigenvalue weighted by molar-refractivity contribution is 7.98. The minimum absolute atomic E-state index is 0.0307. The van der Waals surface area contributed by atoms with E-state index in [0.717, 1.165) is 39.4 Å². The van der Waals surface area contributed by atoms with Gasteiger partial charge in [-0.3, -0.25) is 4.79 Å². The van der Waals surface area contributed by atoms with Gasteiger partial charge in [-0.2, -0.15) is 0 Å². The number of benzene rings is 2. The van der Waals surface area contributed by atoms with Gasteiger partial charge < -0.3 is 9.47 Å². The van der Waals surface area contributed by atoms with Crippen LogP contribution in [0.4, 0.5) is 0 Å². The number of fused-ring (bicyclic) bond motifs is 1. The van der Waals surface area contributed by atoms with E-state index in [9.17, 15) is 4.79 Å². The number of carbonyl (C=O) groups is 1. The summed E-state index contributed by atoms with van der Waals surface area (Å²) >= 11 is 1.65. The first-order valence-electron chi connectivity index (χ1n) is 8.39. The number of para-hydroxylation sites is 2. The van der Waals surface area contributed by atoms with Gasteiger partial charge in [-0.1, -0.05) is 18.2 Å². The molecular weight excluding hydrogens is 330 g/mol. The van der Waals surface area contributed by atoms with E-state index in [-0.39, 0.29) is 5.91 Å². The van der Waals surface area contributed by atoms with Gasteiger partial charge in [0.05, 0.1) is 17.6 Å². The van der Waals surface area contributed by atoms with Crippen LogP contribution in [-0.4, -0.2) is 33.7 Å². The number of carbonyl (C=O) groups excluding carboxylic acids is 1. The summed E-state index contributed by atoms with van der Waals surface area (Å²) in [5.41, 5.74) is 3.84. The van der Waals surface area contributed by atoms with E-state index >= 15 is 0 Å². The third-order valence-corrected chi connectivity index (χ3v) is 5.18. The number of amides is 1. The molecule has 4 nitrogen and oxygen atoms in total. The van der Waals surface area contributed by atoms with Crippen molar-refractivity contribution in [1.82, 2.24) is 14.5 Å². The lowest BCUT2D eigenvalue weighted by atomic mass is 10.1. The van der Waals surface area contributed by atoms with Crippen LogP contribution < -0.4 is 0 Å². The molecule has 130 valence electrons. The first-order chi connectivity index (χ1) is 12.0. The number of imidazole rings is 1. The van der Waals surface area contributed by atoms with Crippen LogP contribution in [0.3, 0.4) is 0 Å². The Morgan fingerprint density at radius 2 is 2.00 bits per heavy atom. The predicted octanol–water partition coefficient (Wildman–Crippen LogP) is 4.36. The molecule has 0 aliphatic rings. The molecule has 0 spiro atoms. The van der Waals surface area contributed by atoms with Crippen molar-refractivity contribution >= 4 is 28.7 Å². The summed E-state index contributed by atoms with van der Waals surface area (Å²) in [6.45, 7) is 5.40. The fourth-order valence-corrected chi connectivity index (χ4v) is 3.49. The average Bonchev–Trinajstić information content (AvgIpc) is 2.98. The quantitative estimate of drug-likeness (QED) is 0.640. The highest BCUT2D eigenvalue weighted by Gasteiger charge is 2.18. The van der Waals surface area contributed by atoms with Gasteiger partial charge in [0.2, 0.25) is 0 Å². The smallest absolute Gasteiger partial charge is 0.254 e. The summed E-state index contributed by atoms with van der Waals surface area (Å²) in [6.07, 6.45) is 2.02. The molecule has 0 fully saturated rings. The zero-order valence-corrected chi connectivity index (χ0v) is 15.9. The van der Waals surface area contributed by atoms with Crippen molar-refractivity contribution in [2.24, 2.45) is 0 Å². The van der Waals surface area contributed by atoms with Crippen molar-refractivity contribution in [3.8, 4) is 0 Å². The van der Waals surface area contributed by atoms with Gasteiger partial charge in [-0.25, -0.2) is 4.98 Å². The van der Waals surface area contributed by atoms with Crippen LogP contribution in [0.15, 0.2) is 47.4 Å². The van der Waals surface area contributed by atoms with Crippen LogP contribution in [0.2, 0.25) is 0 Å². The lowest BCUT2D eigenvalue weighted by molar-refractivity contribution is 0.0779. The molecule has 0 N–H and O–H groups in total. The molecule has 25 heavy (non-hydrogen) atoms. The Morgan fingerprint density at radius 3 is 2.72 bits per heavy atom. The summed E-state index contributed by atoms with van der Waals surface area (Å²) in [7, 11) is 1.84. The zero-order chi connectivity index (χ0) is 18.0. The fraction of sp³-hybridized carbons (Fsp3) is 0.300. The molecule has 1 aromatic heterocycles. The van der Waals surface area contributed by atoms with Crippen molar-refractivity contribution in [2.45, 2.75) is 31.8 Å². The highest BCUT2D eigenvalue weighted by Crippen LogP contribution is 2.22. The van der Waals surface area contributed by atoms with Crippen molar-refractivity contribution in [3.63, 3.8) is 0 Å². The van der Waals surface area contributed by atoms with E-state index in [1.807, 2.05) is 56.6 Å². The van der Waals surface area contributed by atoms with E-state index in [2.05, 4.69) is 17.6 Å². The largest absolute Gasteiger partial charge is 0.334 e. The first kappa shape index (κ1) is 17.5. The van der Waals surface area contributed by atoms with Gasteiger partial charge in [-0.15, -0.1) is 11.8 Å². The third-order valence-electron chi connectivity index (χ3n) is 4.45. The molecular formula is C20H23N3OS. The van der Waals surface area contributed by atoms with E-state index in [1.165, 1.54) is 0 Å². The SMILES string of the molecule is CCn1c(CN(C)C(=O)c2cc(SC)ccc2C)nc2ccccc21. The van der Waals surface area contributed by atoms with E-state index < -0.39 is 0 Å². The number of aryl methyl sites for hydroxylation is 2. The molecule has 5 heteroatoms. The number of nitrogens with zero attached hydrogens (tertiary/aromatic N) is 3. The second-order valence-corrected chi connectivity index (χ2v) is 6.98. The van der Waals surface area contributed by atoms with Gasteiger partial charge in [0.1, 0.15) is 5.82 Å². The van der Waals surface area contributed by atoms with Crippen molar-refractivity contribution in [2.75, 3.05) is 13.3 Å². The number of hydrogen-bond donors (Lipinski definition) is 0. The Morgan fingerprint density at radius 1 is 1.24 bits per heavy atom. The number of hydrogen-bond acceptors (Lipinski definition) is 3. The Labute approximate surface area is 152 Å². The van der Waals surface area contributed by atoms with Crippen molar-refractivity contribution in [3.05, 3.63) is 59.4 Å². The molecule has 0 saturated heterocycles. The average molecular weight is 353 g/mol. The summed E-state index contributed by atoms with van der Waals surface area (Å²) in [6, 6.07) is 14.1. The van der Waals surface area contributed by atoms with E-state index in [1.54, 1.807) is 16.7 Å². The van der Waals surface area contributed by atoms with Crippen molar-refractivity contribution < 1.29 is 4.79 Å². The van der Waals surface area contributed by atoms with Gasteiger partial charge in [0.25, 0.3) is 5.91 Å². The summed E-state index contributed by atoms with van der Waals surface area (Å²) in [4.78, 5) is 20.5. The van der Waals surface area contributed by atoms with Crippen LogP contribution in [-0.2, 0) is 13.1 Å². The standard InChI is InChI=1S/C20H23N3OS/c1-5-23-18-9-7-6-8-17(18)21-19(23)13-22(3)20(24)16-12-15(25-4)11-10-14(16)2/h6-12H,5,13H2,1-4H3. The Balaban J connectivity index is 1.90. The van der Waals surface area contributed by atoms with E-state index in [4.69, 9.17) is 4.98 Å². The molecule has 0 unspecified atom stereocenters. The summed E-state index contributed by atoms with van der Waals surface area (Å²) in [5, 5.41) is 0.